The van der Waals surface area contributed by atoms with Crippen molar-refractivity contribution in [2.24, 2.45) is 5.92 Å². The summed E-state index contributed by atoms with van der Waals surface area (Å²) in [5.41, 5.74) is 0.589. The SMILES string of the molecule is C[C@H](CO)N1C[C@H](C)[C@@H](CN(C)S(C)(=O)=O)Oc2cc(C#CCN(C)C)ccc2S1(=O)=O. The highest BCUT2D eigenvalue weighted by molar-refractivity contribution is 7.89. The van der Waals surface area contributed by atoms with Gasteiger partial charge in [-0.1, -0.05) is 18.8 Å². The van der Waals surface area contributed by atoms with E-state index in [0.29, 0.717) is 12.1 Å². The van der Waals surface area contributed by atoms with Gasteiger partial charge in [-0.2, -0.15) is 4.31 Å². The standard InChI is InChI=1S/C21H33N3O6S2/c1-16-13-24(17(2)15-25)32(28,29)21-10-9-18(8-7-11-22(3)4)12-19(21)30-20(16)14-23(5)31(6,26)27/h9-10,12,16-17,20,25H,11,13-15H2,1-6H3/t16-,17+,20+/m0/s1. The van der Waals surface area contributed by atoms with Gasteiger partial charge in [-0.05, 0) is 39.2 Å². The fourth-order valence-electron chi connectivity index (χ4n) is 3.21. The van der Waals surface area contributed by atoms with E-state index < -0.39 is 32.2 Å². The molecule has 1 aromatic carbocycles. The van der Waals surface area contributed by atoms with Crippen molar-refractivity contribution in [3.8, 4) is 17.6 Å². The number of aliphatic hydroxyl groups is 1. The summed E-state index contributed by atoms with van der Waals surface area (Å²) in [6.45, 7) is 3.76. The molecule has 0 aliphatic carbocycles. The Balaban J connectivity index is 2.59. The van der Waals surface area contributed by atoms with E-state index in [1.54, 1.807) is 26.0 Å². The first kappa shape index (κ1) is 26.6. The molecule has 1 N–H and O–H groups in total. The maximum absolute atomic E-state index is 13.4. The van der Waals surface area contributed by atoms with Gasteiger partial charge in [0.15, 0.2) is 0 Å². The first-order valence-corrected chi connectivity index (χ1v) is 13.5. The molecule has 1 aliphatic heterocycles. The number of sulfonamides is 2. The molecule has 1 aromatic rings. The van der Waals surface area contributed by atoms with Crippen LogP contribution in [-0.4, -0.2) is 101 Å². The van der Waals surface area contributed by atoms with Crippen molar-refractivity contribution in [2.45, 2.75) is 30.9 Å². The predicted octanol–water partition coefficient (Wildman–Crippen LogP) is 0.260. The Bertz CT molecular complexity index is 1080. The zero-order chi connectivity index (χ0) is 24.3. The van der Waals surface area contributed by atoms with Gasteiger partial charge in [0, 0.05) is 31.1 Å². The monoisotopic (exact) mass is 487 g/mol. The largest absolute Gasteiger partial charge is 0.487 e. The lowest BCUT2D eigenvalue weighted by atomic mass is 10.0. The average molecular weight is 488 g/mol. The van der Waals surface area contributed by atoms with Crippen molar-refractivity contribution in [3.05, 3.63) is 23.8 Å². The number of ether oxygens (including phenoxy) is 1. The zero-order valence-electron chi connectivity index (χ0n) is 19.4. The van der Waals surface area contributed by atoms with Crippen LogP contribution in [0.2, 0.25) is 0 Å². The van der Waals surface area contributed by atoms with E-state index in [-0.39, 0.29) is 36.3 Å². The van der Waals surface area contributed by atoms with Gasteiger partial charge in [-0.3, -0.25) is 4.90 Å². The number of rotatable bonds is 6. The summed E-state index contributed by atoms with van der Waals surface area (Å²) >= 11 is 0. The molecule has 0 unspecified atom stereocenters. The molecule has 0 saturated carbocycles. The Morgan fingerprint density at radius 2 is 1.97 bits per heavy atom. The molecule has 11 heteroatoms. The van der Waals surface area contributed by atoms with Crippen LogP contribution in [0.4, 0.5) is 0 Å². The Hall–Kier alpha value is -1.68. The minimum Gasteiger partial charge on any atom is -0.487 e. The van der Waals surface area contributed by atoms with E-state index in [9.17, 15) is 21.9 Å². The third-order valence-electron chi connectivity index (χ3n) is 5.30. The quantitative estimate of drug-likeness (QED) is 0.574. The Morgan fingerprint density at radius 3 is 2.53 bits per heavy atom. The molecule has 3 atom stereocenters. The van der Waals surface area contributed by atoms with Gasteiger partial charge in [0.2, 0.25) is 20.0 Å². The normalized spacial score (nSPS) is 22.3. The van der Waals surface area contributed by atoms with E-state index in [0.717, 1.165) is 6.26 Å². The minimum absolute atomic E-state index is 0.0325. The van der Waals surface area contributed by atoms with Crippen LogP contribution in [0.15, 0.2) is 23.1 Å². The van der Waals surface area contributed by atoms with Crippen LogP contribution in [0.1, 0.15) is 19.4 Å². The van der Waals surface area contributed by atoms with Gasteiger partial charge in [0.25, 0.3) is 0 Å². The summed E-state index contributed by atoms with van der Waals surface area (Å²) < 4.78 is 59.3. The first-order chi connectivity index (χ1) is 14.8. The first-order valence-electron chi connectivity index (χ1n) is 10.3. The van der Waals surface area contributed by atoms with Crippen LogP contribution in [0.3, 0.4) is 0 Å². The summed E-state index contributed by atoms with van der Waals surface area (Å²) in [4.78, 5) is 1.88. The molecule has 180 valence electrons. The number of aliphatic hydroxyl groups excluding tert-OH is 1. The molecule has 0 bridgehead atoms. The highest BCUT2D eigenvalue weighted by Gasteiger charge is 2.38. The van der Waals surface area contributed by atoms with Crippen LogP contribution >= 0.6 is 0 Å². The lowest BCUT2D eigenvalue weighted by Crippen LogP contribution is -2.50. The Labute approximate surface area is 192 Å². The summed E-state index contributed by atoms with van der Waals surface area (Å²) in [6, 6.07) is 3.99. The van der Waals surface area contributed by atoms with Crippen molar-refractivity contribution in [3.63, 3.8) is 0 Å². The van der Waals surface area contributed by atoms with E-state index in [1.807, 2.05) is 19.0 Å². The molecule has 0 spiro atoms. The third-order valence-corrected chi connectivity index (χ3v) is 8.60. The number of fused-ring (bicyclic) bond motifs is 1. The van der Waals surface area contributed by atoms with Crippen LogP contribution < -0.4 is 4.74 Å². The number of benzene rings is 1. The summed E-state index contributed by atoms with van der Waals surface area (Å²) in [6.07, 6.45) is 0.500. The lowest BCUT2D eigenvalue weighted by Gasteiger charge is -2.37. The zero-order valence-corrected chi connectivity index (χ0v) is 21.1. The van der Waals surface area contributed by atoms with Crippen molar-refractivity contribution in [2.75, 3.05) is 53.6 Å². The topological polar surface area (TPSA) is 107 Å². The van der Waals surface area contributed by atoms with Gasteiger partial charge < -0.3 is 9.84 Å². The Kier molecular flexibility index (Phi) is 8.72. The molecule has 1 aliphatic rings. The molecular formula is C21H33N3O6S2. The van der Waals surface area contributed by atoms with E-state index in [1.165, 1.54) is 21.7 Å². The van der Waals surface area contributed by atoms with Crippen LogP contribution in [-0.2, 0) is 20.0 Å². The van der Waals surface area contributed by atoms with E-state index in [2.05, 4.69) is 11.8 Å². The predicted molar refractivity (Wildman–Crippen MR) is 123 cm³/mol. The number of hydrogen-bond acceptors (Lipinski definition) is 7. The third kappa shape index (κ3) is 6.43. The molecule has 1 heterocycles. The van der Waals surface area contributed by atoms with Gasteiger partial charge in [-0.15, -0.1) is 0 Å². The number of likely N-dealkylation sites (N-methyl/N-ethyl adjacent to an activating group) is 1. The minimum atomic E-state index is -3.96. The fraction of sp³-hybridized carbons (Fsp3) is 0.619. The summed E-state index contributed by atoms with van der Waals surface area (Å²) in [5.74, 6) is 5.78. The number of nitrogens with zero attached hydrogens (tertiary/aromatic N) is 3. The van der Waals surface area contributed by atoms with Gasteiger partial charge in [0.1, 0.15) is 16.7 Å². The maximum Gasteiger partial charge on any atom is 0.247 e. The second-order valence-electron chi connectivity index (χ2n) is 8.48. The summed E-state index contributed by atoms with van der Waals surface area (Å²) in [7, 11) is -2.17. The number of hydrogen-bond donors (Lipinski definition) is 1. The van der Waals surface area contributed by atoms with Gasteiger partial charge in [0.05, 0.1) is 26.0 Å². The molecule has 2 rings (SSSR count). The Morgan fingerprint density at radius 1 is 1.31 bits per heavy atom. The molecule has 32 heavy (non-hydrogen) atoms. The van der Waals surface area contributed by atoms with Crippen molar-refractivity contribution >= 4 is 20.0 Å². The van der Waals surface area contributed by atoms with Crippen LogP contribution in [0.5, 0.6) is 5.75 Å². The molecule has 0 saturated heterocycles. The molecule has 9 nitrogen and oxygen atoms in total. The molecule has 0 fully saturated rings. The second kappa shape index (κ2) is 10.5. The van der Waals surface area contributed by atoms with Crippen LogP contribution in [0.25, 0.3) is 0 Å². The molecular weight excluding hydrogens is 454 g/mol. The fourth-order valence-corrected chi connectivity index (χ4v) is 5.45. The smallest absolute Gasteiger partial charge is 0.247 e. The summed E-state index contributed by atoms with van der Waals surface area (Å²) in [5, 5.41) is 9.67. The van der Waals surface area contributed by atoms with Gasteiger partial charge >= 0.3 is 0 Å². The second-order valence-corrected chi connectivity index (χ2v) is 12.4. The van der Waals surface area contributed by atoms with E-state index in [4.69, 9.17) is 4.74 Å². The maximum atomic E-state index is 13.4. The molecule has 0 aromatic heterocycles. The van der Waals surface area contributed by atoms with Crippen molar-refractivity contribution < 1.29 is 26.7 Å². The lowest BCUT2D eigenvalue weighted by molar-refractivity contribution is 0.0905. The average Bonchev–Trinajstić information content (AvgIpc) is 2.68. The van der Waals surface area contributed by atoms with Gasteiger partial charge in [-0.25, -0.2) is 21.1 Å². The van der Waals surface area contributed by atoms with Crippen LogP contribution in [0, 0.1) is 17.8 Å². The highest BCUT2D eigenvalue weighted by Crippen LogP contribution is 2.34. The van der Waals surface area contributed by atoms with Crippen molar-refractivity contribution in [1.29, 1.82) is 0 Å². The highest BCUT2D eigenvalue weighted by atomic mass is 32.2. The molecule has 0 amide bonds. The molecule has 0 radical (unpaired) electrons. The van der Waals surface area contributed by atoms with E-state index >= 15 is 0 Å². The van der Waals surface area contributed by atoms with Crippen molar-refractivity contribution in [1.82, 2.24) is 13.5 Å².